The molecule has 8 rings (SSSR count). The van der Waals surface area contributed by atoms with Crippen LogP contribution in [0.25, 0.3) is 16.6 Å². The molecule has 0 saturated carbocycles. The minimum Gasteiger partial charge on any atom is -0.438 e. The van der Waals surface area contributed by atoms with E-state index in [-0.39, 0.29) is 80.4 Å². The van der Waals surface area contributed by atoms with Gasteiger partial charge in [-0.15, -0.1) is 0 Å². The van der Waals surface area contributed by atoms with Gasteiger partial charge in [0.15, 0.2) is 0 Å². The van der Waals surface area contributed by atoms with Crippen molar-refractivity contribution in [1.82, 2.24) is 30.4 Å². The average molecular weight is 1380 g/mol. The molecule has 28 heteroatoms. The molecule has 0 radical (unpaired) electrons. The third kappa shape index (κ3) is 18.7. The summed E-state index contributed by atoms with van der Waals surface area (Å²) in [5.41, 5.74) is 4.70. The molecule has 528 valence electrons. The summed E-state index contributed by atoms with van der Waals surface area (Å²) in [4.78, 5) is 131. The number of para-hydroxylation sites is 1. The van der Waals surface area contributed by atoms with Crippen LogP contribution < -0.4 is 37.6 Å². The van der Waals surface area contributed by atoms with Crippen molar-refractivity contribution in [2.24, 2.45) is 23.6 Å². The van der Waals surface area contributed by atoms with Crippen LogP contribution in [0.5, 0.6) is 0 Å². The number of nitrogens with one attached hydrogen (secondary N) is 4. The fraction of sp³-hybridized carbons (Fsp3) is 0.486. The van der Waals surface area contributed by atoms with Crippen LogP contribution in [0.1, 0.15) is 145 Å². The van der Waals surface area contributed by atoms with Gasteiger partial charge in [0.05, 0.1) is 46.3 Å². The summed E-state index contributed by atoms with van der Waals surface area (Å²) in [5, 5.41) is 11.0. The number of imide groups is 1. The molecule has 1 saturated heterocycles. The number of carbonyl (C=O) groups is 9. The highest BCUT2D eigenvalue weighted by Crippen LogP contribution is 2.67. The number of esters is 2. The van der Waals surface area contributed by atoms with E-state index < -0.39 is 115 Å². The molecule has 1 fully saturated rings. The number of carbonyl (C=O) groups excluding carboxylic acids is 9. The Bertz CT molecular complexity index is 3910. The topological polar surface area (TPSA) is 330 Å². The predicted molar refractivity (Wildman–Crippen MR) is 356 cm³/mol. The van der Waals surface area contributed by atoms with Crippen LogP contribution in [0.2, 0.25) is 0 Å². The summed E-state index contributed by atoms with van der Waals surface area (Å²) in [5.74, 6) is -5.11. The Balaban J connectivity index is 0.803. The molecule has 4 aromatic carbocycles. The maximum absolute atomic E-state index is 16.3. The first-order valence-electron chi connectivity index (χ1n) is 32.6. The second-order valence-corrected chi connectivity index (χ2v) is 28.9. The molecule has 1 unspecified atom stereocenters. The Morgan fingerprint density at radius 3 is 2.07 bits per heavy atom. The van der Waals surface area contributed by atoms with E-state index in [1.807, 2.05) is 54.6 Å². The Morgan fingerprint density at radius 1 is 0.796 bits per heavy atom. The van der Waals surface area contributed by atoms with Gasteiger partial charge in [0, 0.05) is 51.1 Å². The predicted octanol–water partition coefficient (Wildman–Crippen LogP) is 7.53. The molecule has 0 spiro atoms. The third-order valence-electron chi connectivity index (χ3n) is 17.2. The number of anilines is 1. The van der Waals surface area contributed by atoms with E-state index in [2.05, 4.69) is 21.3 Å². The number of rotatable bonds is 31. The van der Waals surface area contributed by atoms with Crippen molar-refractivity contribution in [3.05, 3.63) is 140 Å². The van der Waals surface area contributed by atoms with Crippen molar-refractivity contribution in [3.63, 3.8) is 0 Å². The smallest absolute Gasteiger partial charge is 0.410 e. The van der Waals surface area contributed by atoms with Gasteiger partial charge in [-0.2, -0.15) is 8.78 Å². The van der Waals surface area contributed by atoms with Crippen molar-refractivity contribution < 1.29 is 84.5 Å². The molecule has 0 bridgehead atoms. The van der Waals surface area contributed by atoms with Gasteiger partial charge in [-0.25, -0.2) is 4.79 Å². The van der Waals surface area contributed by atoms with Crippen molar-refractivity contribution in [3.8, 4) is 0 Å². The standard InChI is InChI=1S/C70H87F2N8O17P/c1-42(47-22-25-50(26-23-47)70(71,72)98(91,96-40-94-65(88)68(3,4)5)97-41-95-66(89)69(6,7)8)35-59(83)75-52-27-24-48-15-10-16-49-37-56(80(61(48)49)64(52)87)63(86)76-51(28-31-57(73)81)43(2)93-38-46-19-17-44(18-20-46)13-11-33-74-60(84)39-92-34-12-14-45-21-29-53-55(36-45)78(9)67(90)79(53)54-30-32-58(82)77-62(54)85/h10,15-23,25-26,29,35-36,43,51-52,54,56H,11-14,24,27-28,30-34,37-41H2,1-9H3,(H2,73,81)(H,74,84)(H,75,83)(H,76,86)(H,77,82,85)/b42-35+/t43-,51+,52+,54?,56+/m1/s1. The number of halogens is 2. The van der Waals surface area contributed by atoms with E-state index >= 15 is 8.78 Å². The lowest BCUT2D eigenvalue weighted by Crippen LogP contribution is -2.56. The molecule has 3 aliphatic rings. The fourth-order valence-corrected chi connectivity index (χ4v) is 12.8. The number of benzene rings is 4. The maximum atomic E-state index is 16.3. The first kappa shape index (κ1) is 75.0. The zero-order valence-electron chi connectivity index (χ0n) is 56.6. The van der Waals surface area contributed by atoms with Crippen molar-refractivity contribution in [2.45, 2.75) is 169 Å². The van der Waals surface area contributed by atoms with Crippen LogP contribution in [-0.4, -0.2) is 120 Å². The van der Waals surface area contributed by atoms with Crippen molar-refractivity contribution >= 4 is 83.2 Å². The number of ether oxygens (including phenoxy) is 4. The Labute approximate surface area is 566 Å². The highest BCUT2D eigenvalue weighted by Gasteiger charge is 2.56. The normalized spacial score (nSPS) is 17.3. The fourth-order valence-electron chi connectivity index (χ4n) is 11.5. The number of aryl methyl sites for hydroxylation is 4. The summed E-state index contributed by atoms with van der Waals surface area (Å²) in [6.45, 7) is 10.8. The van der Waals surface area contributed by atoms with Crippen LogP contribution in [0.15, 0.2) is 95.8 Å². The largest absolute Gasteiger partial charge is 0.438 e. The Kier molecular flexibility index (Phi) is 24.7. The number of nitrogens with zero attached hydrogens (tertiary/aromatic N) is 3. The Morgan fingerprint density at radius 2 is 1.43 bits per heavy atom. The number of hydrogen-bond acceptors (Lipinski definition) is 17. The maximum Gasteiger partial charge on any atom is 0.410 e. The highest BCUT2D eigenvalue weighted by molar-refractivity contribution is 7.54. The Hall–Kier alpha value is -8.75. The number of alkyl halides is 2. The summed E-state index contributed by atoms with van der Waals surface area (Å²) in [6, 6.07) is 19.6. The molecular weight excluding hydrogens is 1290 g/mol. The number of nitrogens with two attached hydrogens (primary N) is 1. The van der Waals surface area contributed by atoms with Crippen molar-refractivity contribution in [2.75, 3.05) is 38.2 Å². The first-order valence-corrected chi connectivity index (χ1v) is 34.1. The molecule has 98 heavy (non-hydrogen) atoms. The molecule has 5 aromatic rings. The lowest BCUT2D eigenvalue weighted by Gasteiger charge is -2.31. The van der Waals surface area contributed by atoms with Gasteiger partial charge >= 0.3 is 30.9 Å². The van der Waals surface area contributed by atoms with E-state index in [4.69, 9.17) is 33.7 Å². The van der Waals surface area contributed by atoms with E-state index in [0.29, 0.717) is 62.0 Å². The van der Waals surface area contributed by atoms with Gasteiger partial charge in [0.2, 0.25) is 54.9 Å². The van der Waals surface area contributed by atoms with Crippen LogP contribution in [-0.2, 0) is 121 Å². The number of hydrogen-bond donors (Lipinski definition) is 5. The van der Waals surface area contributed by atoms with E-state index in [1.54, 1.807) is 20.0 Å². The zero-order chi connectivity index (χ0) is 71.4. The van der Waals surface area contributed by atoms with Crippen LogP contribution in [0.4, 0.5) is 14.5 Å². The number of amides is 7. The second kappa shape index (κ2) is 32.3. The molecule has 4 heterocycles. The minimum absolute atomic E-state index is 0.0731. The number of aromatic nitrogens is 2. The quantitative estimate of drug-likeness (QED) is 0.00714. The van der Waals surface area contributed by atoms with E-state index in [0.717, 1.165) is 39.9 Å². The average Bonchev–Trinajstić information content (AvgIpc) is 1.57. The monoisotopic (exact) mass is 1380 g/mol. The molecule has 5 atom stereocenters. The van der Waals surface area contributed by atoms with Gasteiger partial charge in [-0.3, -0.25) is 76.1 Å². The summed E-state index contributed by atoms with van der Waals surface area (Å²) in [6.07, 6.45) is 4.31. The van der Waals surface area contributed by atoms with E-state index in [9.17, 15) is 52.5 Å². The molecule has 0 aliphatic carbocycles. The van der Waals surface area contributed by atoms with Gasteiger partial charge in [0.1, 0.15) is 24.7 Å². The molecule has 6 N–H and O–H groups in total. The van der Waals surface area contributed by atoms with Gasteiger partial charge < -0.3 is 40.6 Å². The number of primary amides is 1. The lowest BCUT2D eigenvalue weighted by molar-refractivity contribution is -0.163. The summed E-state index contributed by atoms with van der Waals surface area (Å²) in [7, 11) is -3.97. The third-order valence-corrected chi connectivity index (χ3v) is 19.1. The summed E-state index contributed by atoms with van der Waals surface area (Å²) < 4.78 is 81.1. The van der Waals surface area contributed by atoms with Crippen LogP contribution in [0, 0.1) is 10.8 Å². The van der Waals surface area contributed by atoms with Gasteiger partial charge in [-0.05, 0) is 158 Å². The molecular formula is C70H87F2N8O17P. The van der Waals surface area contributed by atoms with Crippen LogP contribution in [0.3, 0.4) is 0 Å². The highest BCUT2D eigenvalue weighted by atomic mass is 31.2. The first-order chi connectivity index (χ1) is 46.3. The number of allylic oxidation sites excluding steroid dienone is 1. The second-order valence-electron chi connectivity index (χ2n) is 26.8. The number of fused-ring (bicyclic) bond motifs is 1. The zero-order valence-corrected chi connectivity index (χ0v) is 57.5. The SMILES string of the molecule is C/C(=C\C(=O)N[C@H]1CCc2cccc3c2N(C1=O)[C@H](C(=O)N[C@@H](CCC(N)=O)[C@@H](C)OCc1ccc(CCCNC(=O)COCCCc2ccc4c(c2)n(C)c(=O)n4C2CCC(=O)NC2=O)cc1)C3)c1ccc(C(F)(F)P(=O)(OCOC(=O)C(C)(C)C)OCOC(=O)C(C)(C)C)cc1. The van der Waals surface area contributed by atoms with Gasteiger partial charge in [-0.1, -0.05) is 72.8 Å². The number of imidazole rings is 1. The molecule has 7 amide bonds. The lowest BCUT2D eigenvalue weighted by atomic mass is 9.98. The minimum atomic E-state index is -5.61. The molecule has 3 aliphatic heterocycles. The van der Waals surface area contributed by atoms with E-state index in [1.165, 1.54) is 80.7 Å². The van der Waals surface area contributed by atoms with Crippen LogP contribution >= 0.6 is 7.60 Å². The molecule has 25 nitrogen and oxygen atoms in total. The summed E-state index contributed by atoms with van der Waals surface area (Å²) >= 11 is 0. The van der Waals surface area contributed by atoms with Gasteiger partial charge in [0.25, 0.3) is 0 Å². The molecule has 1 aromatic heterocycles. The number of piperidine rings is 1. The van der Waals surface area contributed by atoms with Crippen molar-refractivity contribution in [1.29, 1.82) is 0 Å².